The third-order valence-electron chi connectivity index (χ3n) is 4.93. The number of hydrogen-bond donors (Lipinski definition) is 1. The number of hydrogen-bond acceptors (Lipinski definition) is 5. The SMILES string of the molecule is Cc1ccc([C@H]2C[C@H]2C(=O)NC2CCN(c3ncccn3)CC2)s1. The first-order chi connectivity index (χ1) is 11.7. The van der Waals surface area contributed by atoms with Crippen molar-refractivity contribution in [2.75, 3.05) is 18.0 Å². The number of carbonyl (C=O) groups excluding carboxylic acids is 1. The van der Waals surface area contributed by atoms with Crippen molar-refractivity contribution in [1.29, 1.82) is 0 Å². The van der Waals surface area contributed by atoms with E-state index in [1.54, 1.807) is 12.4 Å². The Bertz CT molecular complexity index is 709. The van der Waals surface area contributed by atoms with Crippen LogP contribution < -0.4 is 10.2 Å². The molecule has 4 rings (SSSR count). The Balaban J connectivity index is 1.26. The first kappa shape index (κ1) is 15.6. The summed E-state index contributed by atoms with van der Waals surface area (Å²) in [6.45, 7) is 3.91. The number of piperidine rings is 1. The van der Waals surface area contributed by atoms with E-state index < -0.39 is 0 Å². The van der Waals surface area contributed by atoms with Crippen molar-refractivity contribution in [3.05, 3.63) is 40.3 Å². The molecule has 126 valence electrons. The van der Waals surface area contributed by atoms with Crippen molar-refractivity contribution >= 4 is 23.2 Å². The Morgan fingerprint density at radius 1 is 1.25 bits per heavy atom. The van der Waals surface area contributed by atoms with Gasteiger partial charge in [0.1, 0.15) is 0 Å². The molecule has 24 heavy (non-hydrogen) atoms. The standard InChI is InChI=1S/C18H22N4OS/c1-12-3-4-16(24-12)14-11-15(14)17(23)21-13-5-9-22(10-6-13)18-19-7-2-8-20-18/h2-4,7-8,13-15H,5-6,9-11H2,1H3,(H,21,23)/t14-,15+/m0/s1. The second-order valence-electron chi connectivity index (χ2n) is 6.72. The molecule has 0 aromatic carbocycles. The van der Waals surface area contributed by atoms with Crippen molar-refractivity contribution in [2.24, 2.45) is 5.92 Å². The zero-order valence-electron chi connectivity index (χ0n) is 13.8. The second-order valence-corrected chi connectivity index (χ2v) is 8.04. The summed E-state index contributed by atoms with van der Waals surface area (Å²) in [4.78, 5) is 26.0. The maximum absolute atomic E-state index is 12.5. The maximum atomic E-state index is 12.5. The van der Waals surface area contributed by atoms with Crippen molar-refractivity contribution < 1.29 is 4.79 Å². The Labute approximate surface area is 146 Å². The van der Waals surface area contributed by atoms with Crippen molar-refractivity contribution in [3.63, 3.8) is 0 Å². The summed E-state index contributed by atoms with van der Waals surface area (Å²) >= 11 is 1.82. The van der Waals surface area contributed by atoms with E-state index in [4.69, 9.17) is 0 Å². The van der Waals surface area contributed by atoms with Crippen LogP contribution in [0.4, 0.5) is 5.95 Å². The molecule has 1 N–H and O–H groups in total. The number of carbonyl (C=O) groups is 1. The van der Waals surface area contributed by atoms with Crippen LogP contribution in [0.25, 0.3) is 0 Å². The van der Waals surface area contributed by atoms with Crippen LogP contribution in [0.2, 0.25) is 0 Å². The average molecular weight is 342 g/mol. The molecule has 0 radical (unpaired) electrons. The van der Waals surface area contributed by atoms with Crippen LogP contribution in [0.5, 0.6) is 0 Å². The summed E-state index contributed by atoms with van der Waals surface area (Å²) in [6, 6.07) is 6.44. The fourth-order valence-corrected chi connectivity index (χ4v) is 4.49. The predicted octanol–water partition coefficient (Wildman–Crippen LogP) is 2.74. The normalized spacial score (nSPS) is 24.0. The molecule has 1 aliphatic carbocycles. The van der Waals surface area contributed by atoms with Gasteiger partial charge in [-0.2, -0.15) is 0 Å². The van der Waals surface area contributed by atoms with Crippen LogP contribution in [-0.4, -0.2) is 35.0 Å². The highest BCUT2D eigenvalue weighted by atomic mass is 32.1. The minimum Gasteiger partial charge on any atom is -0.353 e. The number of amides is 1. The molecule has 1 amide bonds. The molecule has 2 aromatic rings. The highest BCUT2D eigenvalue weighted by Crippen LogP contribution is 2.49. The predicted molar refractivity (Wildman–Crippen MR) is 95.3 cm³/mol. The highest BCUT2D eigenvalue weighted by Gasteiger charge is 2.45. The van der Waals surface area contributed by atoms with Crippen LogP contribution in [0, 0.1) is 12.8 Å². The van der Waals surface area contributed by atoms with Gasteiger partial charge in [0, 0.05) is 53.1 Å². The summed E-state index contributed by atoms with van der Waals surface area (Å²) in [5, 5.41) is 3.26. The van der Waals surface area contributed by atoms with Crippen LogP contribution in [-0.2, 0) is 4.79 Å². The number of aromatic nitrogens is 2. The highest BCUT2D eigenvalue weighted by molar-refractivity contribution is 7.12. The van der Waals surface area contributed by atoms with E-state index in [0.29, 0.717) is 5.92 Å². The van der Waals surface area contributed by atoms with Gasteiger partial charge in [0.25, 0.3) is 0 Å². The summed E-state index contributed by atoms with van der Waals surface area (Å²) in [5.74, 6) is 1.65. The van der Waals surface area contributed by atoms with Crippen molar-refractivity contribution in [2.45, 2.75) is 38.1 Å². The van der Waals surface area contributed by atoms with Gasteiger partial charge >= 0.3 is 0 Å². The summed E-state index contributed by atoms with van der Waals surface area (Å²) in [7, 11) is 0. The maximum Gasteiger partial charge on any atom is 0.225 e. The topological polar surface area (TPSA) is 58.1 Å². The first-order valence-electron chi connectivity index (χ1n) is 8.59. The fraction of sp³-hybridized carbons (Fsp3) is 0.500. The van der Waals surface area contributed by atoms with E-state index in [0.717, 1.165) is 38.3 Å². The van der Waals surface area contributed by atoms with Gasteiger partial charge < -0.3 is 10.2 Å². The molecule has 0 unspecified atom stereocenters. The average Bonchev–Trinajstić information content (AvgIpc) is 3.31. The lowest BCUT2D eigenvalue weighted by atomic mass is 10.0. The number of nitrogens with zero attached hydrogens (tertiary/aromatic N) is 3. The largest absolute Gasteiger partial charge is 0.353 e. The second kappa shape index (κ2) is 6.51. The Morgan fingerprint density at radius 2 is 2.00 bits per heavy atom. The Hall–Kier alpha value is -1.95. The molecular formula is C18H22N4OS. The van der Waals surface area contributed by atoms with E-state index in [2.05, 4.69) is 39.2 Å². The van der Waals surface area contributed by atoms with Crippen molar-refractivity contribution in [1.82, 2.24) is 15.3 Å². The molecular weight excluding hydrogens is 320 g/mol. The van der Waals surface area contributed by atoms with E-state index in [1.807, 2.05) is 17.4 Å². The van der Waals surface area contributed by atoms with Crippen LogP contribution in [0.3, 0.4) is 0 Å². The third kappa shape index (κ3) is 3.29. The number of rotatable bonds is 4. The lowest BCUT2D eigenvalue weighted by molar-refractivity contribution is -0.123. The molecule has 0 bridgehead atoms. The number of anilines is 1. The van der Waals surface area contributed by atoms with Gasteiger partial charge in [0.2, 0.25) is 11.9 Å². The van der Waals surface area contributed by atoms with Crippen LogP contribution in [0.15, 0.2) is 30.6 Å². The summed E-state index contributed by atoms with van der Waals surface area (Å²) in [5.41, 5.74) is 0. The van der Waals surface area contributed by atoms with Gasteiger partial charge in [0.15, 0.2) is 0 Å². The molecule has 1 saturated heterocycles. The summed E-state index contributed by atoms with van der Waals surface area (Å²) in [6.07, 6.45) is 6.47. The van der Waals surface area contributed by atoms with Gasteiger partial charge in [-0.05, 0) is 44.4 Å². The molecule has 2 fully saturated rings. The van der Waals surface area contributed by atoms with E-state index in [9.17, 15) is 4.79 Å². The van der Waals surface area contributed by atoms with Gasteiger partial charge in [-0.15, -0.1) is 11.3 Å². The third-order valence-corrected chi connectivity index (χ3v) is 6.06. The van der Waals surface area contributed by atoms with Crippen LogP contribution >= 0.6 is 11.3 Å². The van der Waals surface area contributed by atoms with Gasteiger partial charge in [-0.1, -0.05) is 0 Å². The lowest BCUT2D eigenvalue weighted by Gasteiger charge is -2.32. The number of thiophene rings is 1. The minimum atomic E-state index is 0.179. The molecule has 3 heterocycles. The van der Waals surface area contributed by atoms with E-state index in [-0.39, 0.29) is 17.9 Å². The van der Waals surface area contributed by atoms with Crippen LogP contribution in [0.1, 0.15) is 34.9 Å². The van der Waals surface area contributed by atoms with E-state index >= 15 is 0 Å². The molecule has 1 aliphatic heterocycles. The van der Waals surface area contributed by atoms with Gasteiger partial charge in [-0.25, -0.2) is 9.97 Å². The molecule has 2 atom stereocenters. The quantitative estimate of drug-likeness (QED) is 0.928. The lowest BCUT2D eigenvalue weighted by Crippen LogP contribution is -2.45. The van der Waals surface area contributed by atoms with Crippen molar-refractivity contribution in [3.8, 4) is 0 Å². The molecule has 6 heteroatoms. The Morgan fingerprint density at radius 3 is 2.67 bits per heavy atom. The minimum absolute atomic E-state index is 0.179. The van der Waals surface area contributed by atoms with E-state index in [1.165, 1.54) is 9.75 Å². The molecule has 2 aromatic heterocycles. The number of nitrogens with one attached hydrogen (secondary N) is 1. The van der Waals surface area contributed by atoms with Gasteiger partial charge in [-0.3, -0.25) is 4.79 Å². The molecule has 2 aliphatic rings. The zero-order valence-corrected chi connectivity index (χ0v) is 14.6. The molecule has 1 saturated carbocycles. The fourth-order valence-electron chi connectivity index (χ4n) is 3.44. The zero-order chi connectivity index (χ0) is 16.5. The Kier molecular flexibility index (Phi) is 4.22. The first-order valence-corrected chi connectivity index (χ1v) is 9.41. The monoisotopic (exact) mass is 342 g/mol. The summed E-state index contributed by atoms with van der Waals surface area (Å²) < 4.78 is 0. The van der Waals surface area contributed by atoms with Gasteiger partial charge in [0.05, 0.1) is 0 Å². The number of aryl methyl sites for hydroxylation is 1. The molecule has 5 nitrogen and oxygen atoms in total. The smallest absolute Gasteiger partial charge is 0.225 e. The molecule has 0 spiro atoms.